The molecule has 0 saturated carbocycles. The summed E-state index contributed by atoms with van der Waals surface area (Å²) in [7, 11) is -2.99. The molecule has 2 aliphatic carbocycles. The van der Waals surface area contributed by atoms with E-state index in [1.165, 1.54) is 39.6 Å². The molecule has 0 bridgehead atoms. The van der Waals surface area contributed by atoms with Crippen molar-refractivity contribution in [2.24, 2.45) is 0 Å². The molecule has 2 aliphatic rings. The molecule has 20 rings (SSSR count). The zero-order valence-corrected chi connectivity index (χ0v) is 71.0. The molecule has 26 heteroatoms. The van der Waals surface area contributed by atoms with E-state index < -0.39 is 14.2 Å². The second kappa shape index (κ2) is 37.2. The summed E-state index contributed by atoms with van der Waals surface area (Å²) in [5, 5.41) is 44.1. The maximum atomic E-state index is 9.35. The summed E-state index contributed by atoms with van der Waals surface area (Å²) in [6, 6.07) is 84.8. The topological polar surface area (TPSA) is 232 Å². The first kappa shape index (κ1) is 84.6. The van der Waals surface area contributed by atoms with Gasteiger partial charge in [0.25, 0.3) is 0 Å². The van der Waals surface area contributed by atoms with Gasteiger partial charge in [-0.15, -0.1) is 45.3 Å². The summed E-state index contributed by atoms with van der Waals surface area (Å²) < 4.78 is 9.40. The molecule has 590 valence electrons. The van der Waals surface area contributed by atoms with Gasteiger partial charge in [0.05, 0.1) is 45.5 Å². The second-order valence-corrected chi connectivity index (χ2v) is 34.5. The van der Waals surface area contributed by atoms with Crippen LogP contribution in [0, 0.1) is 0 Å². The summed E-state index contributed by atoms with van der Waals surface area (Å²) in [5.41, 5.74) is 28.2. The van der Waals surface area contributed by atoms with E-state index in [1.54, 1.807) is 88.1 Å². The monoisotopic (exact) mass is 1730 g/mol. The van der Waals surface area contributed by atoms with Crippen LogP contribution in [0.1, 0.15) is 69.9 Å². The molecular weight excluding hydrogens is 1660 g/mol. The van der Waals surface area contributed by atoms with Crippen molar-refractivity contribution in [1.82, 2.24) is 44.9 Å². The molecule has 9 heterocycles. The Morgan fingerprint density at radius 1 is 0.370 bits per heavy atom. The average molecular weight is 1740 g/mol. The molecule has 15 nitrogen and oxygen atoms in total. The number of ether oxygens (including phenoxy) is 1. The SMILES string of the molecule is C.CC1(C)c2cc(-c3cnc4nc(-c5ccccc5)sc4c3)ccc2-c2ccc(-c3cnc4nc(-c5ccccc5)sc4c3)cc21.CC1(C)c2cc(B(O)O)ccc2-c2ccc(B(O)O)cc21.CCOC(=S)c1ccccc1.Clc1cnc2nc(-c3ccccc3)sc2c1.Clc1cnc2nc(-c3ccccc3)sc2c1.Nc1ncc(Cl)cc1Cl. The van der Waals surface area contributed by atoms with Crippen molar-refractivity contribution in [3.63, 3.8) is 0 Å². The summed E-state index contributed by atoms with van der Waals surface area (Å²) in [6.07, 6.45) is 8.61. The Kier molecular flexibility index (Phi) is 26.4. The lowest BCUT2D eigenvalue weighted by Crippen LogP contribution is -2.32. The van der Waals surface area contributed by atoms with Gasteiger partial charge < -0.3 is 30.6 Å². The highest BCUT2D eigenvalue weighted by atomic mass is 35.5. The standard InChI is InChI=1S/C39H26N4S2.C15H16B2O4.2C12H7ClN2S.C9H10OS.C5H4Cl2N2.CH4/c1-39(2)31-17-25(27-19-33-35(40-21-27)42-37(44-33)23-9-5-3-6-10-23)13-15-29(31)30-16-14-26(18-32(30)39)28-20-34-36(41-22-28)43-38(45-34)24-11-7-4-8-12-24;1-15(2)13-7-9(16(18)19)3-5-11(13)12-6-4-10(17(20)21)8-14(12)15;2*13-9-6-10-11(14-7-9)15-12(16-10)8-4-2-1-3-5-8;1-2-10-9(11)8-6-4-3-5-7-8;6-3-1-4(7)5(8)9-2-3;/h3-22H,1-2H3;3-8,18-21H,1-2H3;2*1-7H;3-7H,2H2,1H3;1-2H,(H2,8,9);1H4. The lowest BCUT2D eigenvalue weighted by molar-refractivity contribution is 0.337. The lowest BCUT2D eigenvalue weighted by Gasteiger charge is -2.22. The van der Waals surface area contributed by atoms with Gasteiger partial charge in [0.1, 0.15) is 25.8 Å². The first-order chi connectivity index (χ1) is 57.0. The van der Waals surface area contributed by atoms with E-state index >= 15 is 0 Å². The number of anilines is 1. The summed E-state index contributed by atoms with van der Waals surface area (Å²) in [6.45, 7) is 11.3. The number of nitrogens with zero attached hydrogens (tertiary/aromatic N) is 9. The predicted octanol–water partition coefficient (Wildman–Crippen LogP) is 23.1. The number of benzene rings is 9. The number of thiocarbonyl (C=S) groups is 1. The van der Waals surface area contributed by atoms with E-state index in [0.717, 1.165) is 123 Å². The molecule has 0 radical (unpaired) electrons. The van der Waals surface area contributed by atoms with Crippen molar-refractivity contribution < 1.29 is 24.8 Å². The second-order valence-electron chi connectivity index (χ2n) is 28.3. The van der Waals surface area contributed by atoms with Crippen LogP contribution >= 0.6 is 104 Å². The molecule has 0 saturated heterocycles. The fourth-order valence-electron chi connectivity index (χ4n) is 13.8. The molecule has 18 aromatic rings. The van der Waals surface area contributed by atoms with Gasteiger partial charge in [0.2, 0.25) is 0 Å². The molecule has 9 aromatic heterocycles. The van der Waals surface area contributed by atoms with Gasteiger partial charge >= 0.3 is 14.2 Å². The van der Waals surface area contributed by atoms with E-state index in [1.807, 2.05) is 185 Å². The molecule has 0 aliphatic heterocycles. The highest BCUT2D eigenvalue weighted by Gasteiger charge is 2.38. The molecule has 9 aromatic carbocycles. The molecule has 0 spiro atoms. The van der Waals surface area contributed by atoms with Crippen LogP contribution in [0.15, 0.2) is 286 Å². The highest BCUT2D eigenvalue weighted by Crippen LogP contribution is 2.52. The Bertz CT molecular complexity index is 6330. The van der Waals surface area contributed by atoms with Crippen LogP contribution in [0.25, 0.3) is 128 Å². The average Bonchev–Trinajstić information content (AvgIpc) is 1.57. The summed E-state index contributed by atoms with van der Waals surface area (Å²) in [4.78, 5) is 40.1. The van der Waals surface area contributed by atoms with Gasteiger partial charge in [-0.05, 0) is 128 Å². The molecule has 0 atom stereocenters. The summed E-state index contributed by atoms with van der Waals surface area (Å²) >= 11 is 34.4. The van der Waals surface area contributed by atoms with Crippen LogP contribution in [0.3, 0.4) is 0 Å². The molecular formula is C93H74B2Cl4N10O5S5. The number of halogens is 4. The molecule has 6 N–H and O–H groups in total. The molecule has 0 fully saturated rings. The van der Waals surface area contributed by atoms with Crippen LogP contribution in [-0.4, -0.2) is 90.8 Å². The van der Waals surface area contributed by atoms with Crippen LogP contribution in [-0.2, 0) is 15.6 Å². The number of hydrogen-bond acceptors (Lipinski definition) is 20. The Balaban J connectivity index is 0.000000131. The Labute approximate surface area is 730 Å². The number of nitrogen functional groups attached to an aromatic ring is 1. The number of thiazole rings is 4. The van der Waals surface area contributed by atoms with Gasteiger partial charge in [0.15, 0.2) is 27.6 Å². The maximum absolute atomic E-state index is 9.35. The van der Waals surface area contributed by atoms with E-state index in [2.05, 4.69) is 112 Å². The predicted molar refractivity (Wildman–Crippen MR) is 502 cm³/mol. The number of aromatic nitrogens is 9. The Morgan fingerprint density at radius 2 is 0.672 bits per heavy atom. The smallest absolute Gasteiger partial charge is 0.483 e. The van der Waals surface area contributed by atoms with Gasteiger partial charge in [-0.25, -0.2) is 44.9 Å². The van der Waals surface area contributed by atoms with E-state index in [4.69, 9.17) is 89.0 Å². The van der Waals surface area contributed by atoms with Crippen LogP contribution < -0.4 is 16.7 Å². The fourth-order valence-corrected chi connectivity index (χ4v) is 18.7. The van der Waals surface area contributed by atoms with Gasteiger partial charge in [0, 0.05) is 80.8 Å². The van der Waals surface area contributed by atoms with Crippen molar-refractivity contribution in [1.29, 1.82) is 0 Å². The summed E-state index contributed by atoms with van der Waals surface area (Å²) in [5.74, 6) is 0.307. The van der Waals surface area contributed by atoms with Crippen LogP contribution in [0.4, 0.5) is 5.82 Å². The number of nitrogens with two attached hydrogens (primary N) is 1. The molecule has 0 unspecified atom stereocenters. The minimum absolute atomic E-state index is 0. The van der Waals surface area contributed by atoms with E-state index in [9.17, 15) is 20.1 Å². The lowest BCUT2D eigenvalue weighted by atomic mass is 9.74. The Hall–Kier alpha value is -10.9. The first-order valence-electron chi connectivity index (χ1n) is 37.2. The van der Waals surface area contributed by atoms with E-state index in [0.29, 0.717) is 48.5 Å². The van der Waals surface area contributed by atoms with Crippen LogP contribution in [0.5, 0.6) is 0 Å². The maximum Gasteiger partial charge on any atom is 0.488 e. The third kappa shape index (κ3) is 19.1. The third-order valence-electron chi connectivity index (χ3n) is 19.8. The van der Waals surface area contributed by atoms with Gasteiger partial charge in [-0.3, -0.25) is 0 Å². The number of hydrogen-bond donors (Lipinski definition) is 5. The third-order valence-corrected chi connectivity index (χ3v) is 25.2. The zero-order valence-electron chi connectivity index (χ0n) is 63.8. The highest BCUT2D eigenvalue weighted by molar-refractivity contribution is 7.80. The van der Waals surface area contributed by atoms with Crippen molar-refractivity contribution >= 4 is 181 Å². The number of rotatable bonds is 10. The van der Waals surface area contributed by atoms with Crippen molar-refractivity contribution in [3.8, 4) is 86.8 Å². The minimum Gasteiger partial charge on any atom is -0.483 e. The number of fused-ring (bicyclic) bond motifs is 10. The van der Waals surface area contributed by atoms with Crippen molar-refractivity contribution in [3.05, 3.63) is 334 Å². The quantitative estimate of drug-likeness (QED) is 0.0633. The van der Waals surface area contributed by atoms with Crippen molar-refractivity contribution in [2.75, 3.05) is 12.3 Å². The molecule has 119 heavy (non-hydrogen) atoms. The normalized spacial score (nSPS) is 12.1. The largest absolute Gasteiger partial charge is 0.488 e. The Morgan fingerprint density at radius 3 is 1.00 bits per heavy atom. The van der Waals surface area contributed by atoms with Gasteiger partial charge in [-0.1, -0.05) is 294 Å². The number of pyridine rings is 5. The van der Waals surface area contributed by atoms with E-state index in [-0.39, 0.29) is 18.3 Å². The molecule has 0 amide bonds. The first-order valence-corrected chi connectivity index (χ1v) is 42.4. The van der Waals surface area contributed by atoms with Crippen LogP contribution in [0.2, 0.25) is 20.1 Å². The minimum atomic E-state index is -1.50. The fraction of sp³-hybridized carbons (Fsp3) is 0.0968. The van der Waals surface area contributed by atoms with Crippen molar-refractivity contribution in [2.45, 2.75) is 52.9 Å². The zero-order chi connectivity index (χ0) is 82.4. The van der Waals surface area contributed by atoms with Gasteiger partial charge in [-0.2, -0.15) is 0 Å².